The maximum Gasteiger partial charge on any atom is 0.325 e. The van der Waals surface area contributed by atoms with Crippen LogP contribution in [0.1, 0.15) is 17.3 Å². The molecule has 0 radical (unpaired) electrons. The van der Waals surface area contributed by atoms with Crippen LogP contribution >= 0.6 is 0 Å². The zero-order chi connectivity index (χ0) is 14.7. The van der Waals surface area contributed by atoms with Gasteiger partial charge in [0.15, 0.2) is 0 Å². The Kier molecular flexibility index (Phi) is 3.93. The van der Waals surface area contributed by atoms with Crippen molar-refractivity contribution in [3.63, 3.8) is 0 Å². The second-order valence-corrected chi connectivity index (χ2v) is 4.40. The smallest absolute Gasteiger partial charge is 0.325 e. The number of benzene rings is 1. The molecule has 1 aromatic heterocycles. The van der Waals surface area contributed by atoms with Gasteiger partial charge in [-0.1, -0.05) is 0 Å². The van der Waals surface area contributed by atoms with Crippen LogP contribution in [-0.4, -0.2) is 42.0 Å². The molecule has 0 spiro atoms. The first kappa shape index (κ1) is 13.9. The van der Waals surface area contributed by atoms with E-state index < -0.39 is 5.97 Å². The van der Waals surface area contributed by atoms with Gasteiger partial charge in [-0.25, -0.2) is 0 Å². The summed E-state index contributed by atoms with van der Waals surface area (Å²) in [5.74, 6) is -0.654. The Morgan fingerprint density at radius 2 is 2.15 bits per heavy atom. The van der Waals surface area contributed by atoms with Crippen molar-refractivity contribution in [1.29, 1.82) is 0 Å². The first-order valence-electron chi connectivity index (χ1n) is 6.29. The summed E-state index contributed by atoms with van der Waals surface area (Å²) < 4.78 is 4.60. The van der Waals surface area contributed by atoms with Gasteiger partial charge in [0.05, 0.1) is 12.7 Å². The van der Waals surface area contributed by atoms with E-state index in [1.165, 1.54) is 12.0 Å². The number of nitrogens with one attached hydrogen (secondary N) is 1. The van der Waals surface area contributed by atoms with Gasteiger partial charge in [0.25, 0.3) is 5.91 Å². The van der Waals surface area contributed by atoms with Crippen molar-refractivity contribution in [2.75, 3.05) is 25.9 Å². The average Bonchev–Trinajstić information content (AvgIpc) is 2.86. The number of hydrogen-bond donors (Lipinski definition) is 2. The lowest BCUT2D eigenvalue weighted by Crippen LogP contribution is -2.35. The lowest BCUT2D eigenvalue weighted by Gasteiger charge is -2.18. The highest BCUT2D eigenvalue weighted by Crippen LogP contribution is 2.22. The highest BCUT2D eigenvalue weighted by molar-refractivity contribution is 6.07. The standard InChI is InChI=1S/C14H17N3O3/c1-3-17(8-13(18)20-2)14(19)11-7-16-12-6-9(15)4-5-10(11)12/h4-7,16H,3,8,15H2,1-2H3. The Labute approximate surface area is 116 Å². The lowest BCUT2D eigenvalue weighted by atomic mass is 10.1. The van der Waals surface area contributed by atoms with E-state index in [1.54, 1.807) is 24.4 Å². The Bertz CT molecular complexity index is 648. The summed E-state index contributed by atoms with van der Waals surface area (Å²) in [4.78, 5) is 28.2. The van der Waals surface area contributed by atoms with Crippen molar-refractivity contribution in [2.45, 2.75) is 6.92 Å². The van der Waals surface area contributed by atoms with Crippen molar-refractivity contribution in [3.8, 4) is 0 Å². The van der Waals surface area contributed by atoms with Crippen molar-refractivity contribution in [2.24, 2.45) is 0 Å². The van der Waals surface area contributed by atoms with E-state index >= 15 is 0 Å². The molecule has 0 unspecified atom stereocenters. The fraction of sp³-hybridized carbons (Fsp3) is 0.286. The van der Waals surface area contributed by atoms with Crippen LogP contribution in [0.2, 0.25) is 0 Å². The van der Waals surface area contributed by atoms with Crippen LogP contribution in [0.3, 0.4) is 0 Å². The maximum atomic E-state index is 12.5. The van der Waals surface area contributed by atoms with Gasteiger partial charge in [0.1, 0.15) is 6.54 Å². The van der Waals surface area contributed by atoms with E-state index in [4.69, 9.17) is 5.73 Å². The van der Waals surface area contributed by atoms with E-state index in [2.05, 4.69) is 9.72 Å². The number of methoxy groups -OCH3 is 1. The van der Waals surface area contributed by atoms with Crippen LogP contribution in [0.5, 0.6) is 0 Å². The average molecular weight is 275 g/mol. The van der Waals surface area contributed by atoms with Gasteiger partial charge in [-0.15, -0.1) is 0 Å². The second kappa shape index (κ2) is 5.64. The number of nitrogen functional groups attached to an aromatic ring is 1. The summed E-state index contributed by atoms with van der Waals surface area (Å²) in [5.41, 5.74) is 7.64. The van der Waals surface area contributed by atoms with Gasteiger partial charge in [0.2, 0.25) is 0 Å². The van der Waals surface area contributed by atoms with Gasteiger partial charge in [-0.2, -0.15) is 0 Å². The largest absolute Gasteiger partial charge is 0.468 e. The molecule has 6 nitrogen and oxygen atoms in total. The number of amides is 1. The molecule has 1 aromatic carbocycles. The second-order valence-electron chi connectivity index (χ2n) is 4.40. The Balaban J connectivity index is 2.32. The summed E-state index contributed by atoms with van der Waals surface area (Å²) in [6.07, 6.45) is 1.63. The number of carbonyl (C=O) groups excluding carboxylic acids is 2. The summed E-state index contributed by atoms with van der Waals surface area (Å²) in [6, 6.07) is 5.30. The minimum Gasteiger partial charge on any atom is -0.468 e. The Morgan fingerprint density at radius 1 is 1.40 bits per heavy atom. The molecule has 3 N–H and O–H groups in total. The van der Waals surface area contributed by atoms with E-state index in [0.717, 1.165) is 10.9 Å². The fourth-order valence-electron chi connectivity index (χ4n) is 2.04. The predicted octanol–water partition coefficient (Wildman–Crippen LogP) is 1.39. The van der Waals surface area contributed by atoms with E-state index in [-0.39, 0.29) is 12.5 Å². The third-order valence-corrected chi connectivity index (χ3v) is 3.15. The molecular formula is C14H17N3O3. The monoisotopic (exact) mass is 275 g/mol. The molecular weight excluding hydrogens is 258 g/mol. The Morgan fingerprint density at radius 3 is 2.80 bits per heavy atom. The molecule has 0 bridgehead atoms. The molecule has 20 heavy (non-hydrogen) atoms. The van der Waals surface area contributed by atoms with Gasteiger partial charge >= 0.3 is 5.97 Å². The third-order valence-electron chi connectivity index (χ3n) is 3.15. The first-order chi connectivity index (χ1) is 9.56. The SMILES string of the molecule is CCN(CC(=O)OC)C(=O)c1c[nH]c2cc(N)ccc12. The molecule has 0 fully saturated rings. The minimum atomic E-state index is -0.440. The van der Waals surface area contributed by atoms with Gasteiger partial charge in [-0.05, 0) is 25.1 Å². The highest BCUT2D eigenvalue weighted by Gasteiger charge is 2.20. The van der Waals surface area contributed by atoms with Crippen molar-refractivity contribution < 1.29 is 14.3 Å². The number of aromatic amines is 1. The lowest BCUT2D eigenvalue weighted by molar-refractivity contribution is -0.141. The number of aromatic nitrogens is 1. The normalized spacial score (nSPS) is 10.5. The number of hydrogen-bond acceptors (Lipinski definition) is 4. The third kappa shape index (κ3) is 2.59. The molecule has 0 aliphatic rings. The fourth-order valence-corrected chi connectivity index (χ4v) is 2.04. The molecule has 1 heterocycles. The van der Waals surface area contributed by atoms with Gasteiger partial charge in [0, 0.05) is 29.3 Å². The quantitative estimate of drug-likeness (QED) is 0.652. The van der Waals surface area contributed by atoms with Crippen LogP contribution in [0, 0.1) is 0 Å². The number of carbonyl (C=O) groups is 2. The molecule has 106 valence electrons. The van der Waals surface area contributed by atoms with E-state index in [1.807, 2.05) is 6.92 Å². The van der Waals surface area contributed by atoms with Crippen molar-refractivity contribution >= 4 is 28.5 Å². The van der Waals surface area contributed by atoms with Crippen LogP contribution in [-0.2, 0) is 9.53 Å². The van der Waals surface area contributed by atoms with Crippen LogP contribution in [0.15, 0.2) is 24.4 Å². The van der Waals surface area contributed by atoms with Gasteiger partial charge in [-0.3, -0.25) is 9.59 Å². The first-order valence-corrected chi connectivity index (χ1v) is 6.29. The number of nitrogens with zero attached hydrogens (tertiary/aromatic N) is 1. The molecule has 2 rings (SSSR count). The number of anilines is 1. The molecule has 1 amide bonds. The number of H-pyrrole nitrogens is 1. The molecule has 0 aliphatic heterocycles. The highest BCUT2D eigenvalue weighted by atomic mass is 16.5. The number of rotatable bonds is 4. The number of esters is 1. The Hall–Kier alpha value is -2.50. The van der Waals surface area contributed by atoms with Crippen molar-refractivity contribution in [1.82, 2.24) is 9.88 Å². The van der Waals surface area contributed by atoms with E-state index in [9.17, 15) is 9.59 Å². The molecule has 6 heteroatoms. The minimum absolute atomic E-state index is 0.0620. The molecule has 0 saturated carbocycles. The molecule has 0 aliphatic carbocycles. The number of fused-ring (bicyclic) bond motifs is 1. The maximum absolute atomic E-state index is 12.5. The number of likely N-dealkylation sites (N-methyl/N-ethyl adjacent to an activating group) is 1. The van der Waals surface area contributed by atoms with Crippen LogP contribution < -0.4 is 5.73 Å². The zero-order valence-electron chi connectivity index (χ0n) is 11.5. The number of ether oxygens (including phenoxy) is 1. The molecule has 0 atom stereocenters. The predicted molar refractivity (Wildman–Crippen MR) is 76.3 cm³/mol. The van der Waals surface area contributed by atoms with Crippen LogP contribution in [0.25, 0.3) is 10.9 Å². The summed E-state index contributed by atoms with van der Waals surface area (Å²) in [5, 5.41) is 0.785. The molecule has 0 saturated heterocycles. The molecule has 2 aromatic rings. The topological polar surface area (TPSA) is 88.4 Å². The summed E-state index contributed by atoms with van der Waals surface area (Å²) in [7, 11) is 1.30. The van der Waals surface area contributed by atoms with Crippen LogP contribution in [0.4, 0.5) is 5.69 Å². The zero-order valence-corrected chi connectivity index (χ0v) is 11.5. The van der Waals surface area contributed by atoms with E-state index in [0.29, 0.717) is 17.8 Å². The summed E-state index contributed by atoms with van der Waals surface area (Å²) in [6.45, 7) is 2.18. The number of nitrogens with two attached hydrogens (primary N) is 1. The summed E-state index contributed by atoms with van der Waals surface area (Å²) >= 11 is 0. The van der Waals surface area contributed by atoms with Crippen molar-refractivity contribution in [3.05, 3.63) is 30.0 Å². The van der Waals surface area contributed by atoms with Gasteiger partial charge < -0.3 is 20.4 Å².